The van der Waals surface area contributed by atoms with Crippen molar-refractivity contribution in [2.75, 3.05) is 0 Å². The topological polar surface area (TPSA) is 24.9 Å². The van der Waals surface area contributed by atoms with Gasteiger partial charge in [0.15, 0.2) is 0 Å². The quantitative estimate of drug-likeness (QED) is 0.891. The van der Waals surface area contributed by atoms with Crippen LogP contribution in [-0.2, 0) is 13.0 Å². The Labute approximate surface area is 123 Å². The van der Waals surface area contributed by atoms with Crippen LogP contribution in [0.15, 0.2) is 47.1 Å². The van der Waals surface area contributed by atoms with Crippen LogP contribution in [0.1, 0.15) is 36.7 Å². The standard InChI is InChI=1S/C16H19BrN2/c1-3-13-4-6-14(7-5-13)12(2)18-11-16-9-8-15(17)10-19-16/h4-10,12,18H,3,11H2,1-2H3. The monoisotopic (exact) mass is 318 g/mol. The van der Waals surface area contributed by atoms with Gasteiger partial charge in [-0.25, -0.2) is 0 Å². The van der Waals surface area contributed by atoms with Gasteiger partial charge in [-0.1, -0.05) is 31.2 Å². The van der Waals surface area contributed by atoms with Crippen LogP contribution in [-0.4, -0.2) is 4.98 Å². The minimum Gasteiger partial charge on any atom is -0.305 e. The van der Waals surface area contributed by atoms with Gasteiger partial charge in [-0.2, -0.15) is 0 Å². The van der Waals surface area contributed by atoms with Gasteiger partial charge in [0.2, 0.25) is 0 Å². The lowest BCUT2D eigenvalue weighted by Crippen LogP contribution is -2.18. The molecule has 0 saturated carbocycles. The number of nitrogens with one attached hydrogen (secondary N) is 1. The summed E-state index contributed by atoms with van der Waals surface area (Å²) in [6.07, 6.45) is 2.92. The zero-order chi connectivity index (χ0) is 13.7. The summed E-state index contributed by atoms with van der Waals surface area (Å²) in [6, 6.07) is 13.2. The molecule has 0 bridgehead atoms. The molecule has 100 valence electrons. The van der Waals surface area contributed by atoms with E-state index in [1.807, 2.05) is 18.3 Å². The molecule has 1 unspecified atom stereocenters. The van der Waals surface area contributed by atoms with E-state index in [0.29, 0.717) is 6.04 Å². The van der Waals surface area contributed by atoms with Crippen molar-refractivity contribution in [3.05, 3.63) is 63.9 Å². The van der Waals surface area contributed by atoms with Crippen LogP contribution in [0.4, 0.5) is 0 Å². The number of aryl methyl sites for hydroxylation is 1. The summed E-state index contributed by atoms with van der Waals surface area (Å²) in [5.41, 5.74) is 3.75. The summed E-state index contributed by atoms with van der Waals surface area (Å²) in [6.45, 7) is 5.14. The van der Waals surface area contributed by atoms with Crippen LogP contribution in [0.5, 0.6) is 0 Å². The Morgan fingerprint density at radius 1 is 1.16 bits per heavy atom. The first-order valence-electron chi connectivity index (χ1n) is 6.61. The van der Waals surface area contributed by atoms with Crippen LogP contribution < -0.4 is 5.32 Å². The van der Waals surface area contributed by atoms with Crippen molar-refractivity contribution in [2.24, 2.45) is 0 Å². The van der Waals surface area contributed by atoms with Gasteiger partial charge in [0.05, 0.1) is 5.69 Å². The molecule has 0 fully saturated rings. The number of rotatable bonds is 5. The van der Waals surface area contributed by atoms with E-state index in [2.05, 4.69) is 64.3 Å². The Hall–Kier alpha value is -1.19. The summed E-state index contributed by atoms with van der Waals surface area (Å²) in [5, 5.41) is 3.49. The molecule has 1 heterocycles. The molecule has 1 aromatic carbocycles. The summed E-state index contributed by atoms with van der Waals surface area (Å²) >= 11 is 3.39. The van der Waals surface area contributed by atoms with Crippen LogP contribution in [0.3, 0.4) is 0 Å². The van der Waals surface area contributed by atoms with Gasteiger partial charge in [0, 0.05) is 23.3 Å². The summed E-state index contributed by atoms with van der Waals surface area (Å²) < 4.78 is 1.01. The lowest BCUT2D eigenvalue weighted by atomic mass is 10.0. The SMILES string of the molecule is CCc1ccc(C(C)NCc2ccc(Br)cn2)cc1. The molecule has 2 nitrogen and oxygen atoms in total. The van der Waals surface area contributed by atoms with Gasteiger partial charge in [0.25, 0.3) is 0 Å². The van der Waals surface area contributed by atoms with Gasteiger partial charge in [0.1, 0.15) is 0 Å². The van der Waals surface area contributed by atoms with Gasteiger partial charge in [-0.15, -0.1) is 0 Å². The molecule has 19 heavy (non-hydrogen) atoms. The Morgan fingerprint density at radius 3 is 2.47 bits per heavy atom. The van der Waals surface area contributed by atoms with Crippen molar-refractivity contribution in [2.45, 2.75) is 32.9 Å². The molecule has 2 aromatic rings. The molecule has 0 aliphatic heterocycles. The van der Waals surface area contributed by atoms with Crippen molar-refractivity contribution in [3.8, 4) is 0 Å². The number of aromatic nitrogens is 1. The molecule has 1 atom stereocenters. The van der Waals surface area contributed by atoms with E-state index in [4.69, 9.17) is 0 Å². The minimum absolute atomic E-state index is 0.330. The Kier molecular flexibility index (Phi) is 5.11. The highest BCUT2D eigenvalue weighted by atomic mass is 79.9. The van der Waals surface area contributed by atoms with Crippen molar-refractivity contribution in [1.29, 1.82) is 0 Å². The highest BCUT2D eigenvalue weighted by molar-refractivity contribution is 9.10. The van der Waals surface area contributed by atoms with Crippen molar-refractivity contribution in [3.63, 3.8) is 0 Å². The third kappa shape index (κ3) is 4.15. The van der Waals surface area contributed by atoms with E-state index >= 15 is 0 Å². The average molecular weight is 319 g/mol. The fourth-order valence-electron chi connectivity index (χ4n) is 1.93. The van der Waals surface area contributed by atoms with E-state index < -0.39 is 0 Å². The molecule has 0 spiro atoms. The average Bonchev–Trinajstić information content (AvgIpc) is 2.46. The number of pyridine rings is 1. The van der Waals surface area contributed by atoms with E-state index in [-0.39, 0.29) is 0 Å². The molecular weight excluding hydrogens is 300 g/mol. The van der Waals surface area contributed by atoms with E-state index in [1.165, 1.54) is 11.1 Å². The molecule has 0 aliphatic rings. The second-order valence-electron chi connectivity index (χ2n) is 4.67. The highest BCUT2D eigenvalue weighted by Crippen LogP contribution is 2.14. The fraction of sp³-hybridized carbons (Fsp3) is 0.312. The lowest BCUT2D eigenvalue weighted by Gasteiger charge is -2.14. The molecule has 1 aromatic heterocycles. The van der Waals surface area contributed by atoms with E-state index in [1.54, 1.807) is 0 Å². The number of benzene rings is 1. The Morgan fingerprint density at radius 2 is 1.89 bits per heavy atom. The van der Waals surface area contributed by atoms with Crippen molar-refractivity contribution in [1.82, 2.24) is 10.3 Å². The van der Waals surface area contributed by atoms with E-state index in [9.17, 15) is 0 Å². The number of halogens is 1. The molecule has 2 rings (SSSR count). The zero-order valence-electron chi connectivity index (χ0n) is 11.4. The molecule has 0 saturated heterocycles. The second-order valence-corrected chi connectivity index (χ2v) is 5.58. The normalized spacial score (nSPS) is 12.4. The van der Waals surface area contributed by atoms with Gasteiger partial charge in [-0.3, -0.25) is 4.98 Å². The van der Waals surface area contributed by atoms with Gasteiger partial charge in [-0.05, 0) is 52.5 Å². The van der Waals surface area contributed by atoms with Gasteiger partial charge < -0.3 is 5.32 Å². The molecule has 0 radical (unpaired) electrons. The molecular formula is C16H19BrN2. The van der Waals surface area contributed by atoms with E-state index in [0.717, 1.165) is 23.1 Å². The number of nitrogens with zero attached hydrogens (tertiary/aromatic N) is 1. The third-order valence-corrected chi connectivity index (χ3v) is 3.74. The van der Waals surface area contributed by atoms with Crippen molar-refractivity contribution < 1.29 is 0 Å². The van der Waals surface area contributed by atoms with Crippen LogP contribution in [0, 0.1) is 0 Å². The number of hydrogen-bond donors (Lipinski definition) is 1. The summed E-state index contributed by atoms with van der Waals surface area (Å²) in [4.78, 5) is 4.36. The third-order valence-electron chi connectivity index (χ3n) is 3.27. The Balaban J connectivity index is 1.93. The predicted molar refractivity (Wildman–Crippen MR) is 83.0 cm³/mol. The molecule has 0 amide bonds. The number of hydrogen-bond acceptors (Lipinski definition) is 2. The first kappa shape index (κ1) is 14.2. The largest absolute Gasteiger partial charge is 0.305 e. The molecule has 0 aliphatic carbocycles. The Bertz CT molecular complexity index is 505. The fourth-order valence-corrected chi connectivity index (χ4v) is 2.16. The smallest absolute Gasteiger partial charge is 0.0542 e. The van der Waals surface area contributed by atoms with Crippen LogP contribution in [0.25, 0.3) is 0 Å². The first-order chi connectivity index (χ1) is 9.19. The maximum atomic E-state index is 4.36. The minimum atomic E-state index is 0.330. The molecule has 1 N–H and O–H groups in total. The van der Waals surface area contributed by atoms with Crippen molar-refractivity contribution >= 4 is 15.9 Å². The maximum absolute atomic E-state index is 4.36. The van der Waals surface area contributed by atoms with Crippen LogP contribution in [0.2, 0.25) is 0 Å². The lowest BCUT2D eigenvalue weighted by molar-refractivity contribution is 0.567. The van der Waals surface area contributed by atoms with Crippen LogP contribution >= 0.6 is 15.9 Å². The predicted octanol–water partition coefficient (Wildman–Crippen LogP) is 4.26. The maximum Gasteiger partial charge on any atom is 0.0542 e. The summed E-state index contributed by atoms with van der Waals surface area (Å²) in [5.74, 6) is 0. The molecule has 3 heteroatoms. The zero-order valence-corrected chi connectivity index (χ0v) is 12.9. The first-order valence-corrected chi connectivity index (χ1v) is 7.41. The van der Waals surface area contributed by atoms with Gasteiger partial charge >= 0.3 is 0 Å². The summed E-state index contributed by atoms with van der Waals surface area (Å²) in [7, 11) is 0. The second kappa shape index (κ2) is 6.83. The highest BCUT2D eigenvalue weighted by Gasteiger charge is 2.05.